The van der Waals surface area contributed by atoms with Crippen LogP contribution in [0, 0.1) is 11.3 Å². The number of aliphatic hydroxyl groups excluding tert-OH is 1. The Morgan fingerprint density at radius 2 is 1.95 bits per heavy atom. The molecule has 1 aromatic carbocycles. The lowest BCUT2D eigenvalue weighted by Crippen LogP contribution is -2.20. The van der Waals surface area contributed by atoms with Crippen LogP contribution in [0.1, 0.15) is 52.7 Å². The van der Waals surface area contributed by atoms with Gasteiger partial charge in [-0.05, 0) is 42.9 Å². The van der Waals surface area contributed by atoms with Crippen molar-refractivity contribution in [2.45, 2.75) is 47.1 Å². The first-order valence-corrected chi connectivity index (χ1v) is 7.65. The van der Waals surface area contributed by atoms with Crippen LogP contribution >= 0.6 is 15.9 Å². The molecule has 0 saturated heterocycles. The maximum Gasteiger partial charge on any atom is 0.125 e. The van der Waals surface area contributed by atoms with Crippen molar-refractivity contribution in [3.05, 3.63) is 28.2 Å². The molecule has 0 aliphatic rings. The minimum Gasteiger partial charge on any atom is -0.493 e. The number of ether oxygens (including phenoxy) is 1. The molecule has 2 unspecified atom stereocenters. The second-order valence-electron chi connectivity index (χ2n) is 6.13. The second kappa shape index (κ2) is 6.76. The number of benzene rings is 1. The van der Waals surface area contributed by atoms with E-state index in [2.05, 4.69) is 43.6 Å². The van der Waals surface area contributed by atoms with E-state index in [1.165, 1.54) is 0 Å². The molecule has 0 spiro atoms. The highest BCUT2D eigenvalue weighted by Gasteiger charge is 2.25. The number of rotatable bonds is 5. The Morgan fingerprint density at radius 3 is 2.47 bits per heavy atom. The molecular weight excluding hydrogens is 304 g/mol. The summed E-state index contributed by atoms with van der Waals surface area (Å²) in [6.07, 6.45) is 0.244. The van der Waals surface area contributed by atoms with Crippen molar-refractivity contribution in [2.75, 3.05) is 6.61 Å². The molecule has 108 valence electrons. The Kier molecular flexibility index (Phi) is 5.87. The molecule has 2 atom stereocenters. The van der Waals surface area contributed by atoms with Crippen molar-refractivity contribution in [3.8, 4) is 5.75 Å². The monoisotopic (exact) mass is 328 g/mol. The summed E-state index contributed by atoms with van der Waals surface area (Å²) in [5.74, 6) is 1.20. The average molecular weight is 329 g/mol. The fraction of sp³-hybridized carbons (Fsp3) is 0.625. The van der Waals surface area contributed by atoms with E-state index in [0.717, 1.165) is 22.2 Å². The van der Waals surface area contributed by atoms with Gasteiger partial charge in [-0.2, -0.15) is 0 Å². The first kappa shape index (κ1) is 16.5. The minimum atomic E-state index is -0.492. The van der Waals surface area contributed by atoms with Crippen molar-refractivity contribution in [2.24, 2.45) is 11.3 Å². The smallest absolute Gasteiger partial charge is 0.125 e. The van der Waals surface area contributed by atoms with Crippen molar-refractivity contribution in [1.29, 1.82) is 0 Å². The fourth-order valence-corrected chi connectivity index (χ4v) is 2.26. The quantitative estimate of drug-likeness (QED) is 0.828. The van der Waals surface area contributed by atoms with Gasteiger partial charge in [0.05, 0.1) is 12.7 Å². The van der Waals surface area contributed by atoms with Crippen molar-refractivity contribution in [1.82, 2.24) is 0 Å². The average Bonchev–Trinajstić information content (AvgIpc) is 2.30. The van der Waals surface area contributed by atoms with Crippen LogP contribution in [0.2, 0.25) is 0 Å². The van der Waals surface area contributed by atoms with Crippen LogP contribution in [-0.2, 0) is 0 Å². The molecule has 0 aliphatic heterocycles. The van der Waals surface area contributed by atoms with Crippen LogP contribution < -0.4 is 4.74 Å². The van der Waals surface area contributed by atoms with Gasteiger partial charge in [0.25, 0.3) is 0 Å². The second-order valence-corrected chi connectivity index (χ2v) is 7.05. The van der Waals surface area contributed by atoms with E-state index in [9.17, 15) is 5.11 Å². The zero-order valence-electron chi connectivity index (χ0n) is 12.5. The topological polar surface area (TPSA) is 29.5 Å². The molecule has 1 rings (SSSR count). The van der Waals surface area contributed by atoms with E-state index in [1.54, 1.807) is 0 Å². The lowest BCUT2D eigenvalue weighted by atomic mass is 9.78. The maximum atomic E-state index is 10.5. The highest BCUT2D eigenvalue weighted by molar-refractivity contribution is 9.10. The van der Waals surface area contributed by atoms with Crippen molar-refractivity contribution in [3.63, 3.8) is 0 Å². The van der Waals surface area contributed by atoms with E-state index in [4.69, 9.17) is 4.74 Å². The molecule has 0 radical (unpaired) electrons. The molecule has 0 amide bonds. The highest BCUT2D eigenvalue weighted by Crippen LogP contribution is 2.37. The van der Waals surface area contributed by atoms with Gasteiger partial charge in [-0.3, -0.25) is 0 Å². The van der Waals surface area contributed by atoms with Gasteiger partial charge in [-0.1, -0.05) is 43.6 Å². The fourth-order valence-electron chi connectivity index (χ4n) is 1.88. The van der Waals surface area contributed by atoms with Crippen molar-refractivity contribution >= 4 is 15.9 Å². The van der Waals surface area contributed by atoms with Gasteiger partial charge in [0.2, 0.25) is 0 Å². The third kappa shape index (κ3) is 4.81. The summed E-state index contributed by atoms with van der Waals surface area (Å²) in [5, 5.41) is 10.5. The third-order valence-corrected chi connectivity index (χ3v) is 4.18. The number of hydrogen-bond acceptors (Lipinski definition) is 2. The van der Waals surface area contributed by atoms with Crippen LogP contribution in [0.3, 0.4) is 0 Å². The Balaban J connectivity index is 2.92. The molecular formula is C16H25BrO2. The van der Waals surface area contributed by atoms with Gasteiger partial charge in [0.15, 0.2) is 0 Å². The summed E-state index contributed by atoms with van der Waals surface area (Å²) in [4.78, 5) is 0. The van der Waals surface area contributed by atoms with E-state index in [1.807, 2.05) is 25.1 Å². The molecule has 0 heterocycles. The summed E-state index contributed by atoms with van der Waals surface area (Å²) in [5.41, 5.74) is 1.06. The molecule has 0 fully saturated rings. The highest BCUT2D eigenvalue weighted by atomic mass is 79.9. The molecule has 1 aromatic rings. The van der Waals surface area contributed by atoms with Gasteiger partial charge in [-0.25, -0.2) is 0 Å². The van der Waals surface area contributed by atoms with Gasteiger partial charge < -0.3 is 9.84 Å². The van der Waals surface area contributed by atoms with Crippen molar-refractivity contribution < 1.29 is 9.84 Å². The number of halogens is 1. The SMILES string of the molecule is CCOc1ccc(Br)cc1C(O)CC(C)C(C)(C)C. The summed E-state index contributed by atoms with van der Waals surface area (Å²) in [6.45, 7) is 11.4. The van der Waals surface area contributed by atoms with Crippen LogP contribution in [0.5, 0.6) is 5.75 Å². The van der Waals surface area contributed by atoms with Gasteiger partial charge in [0.1, 0.15) is 5.75 Å². The molecule has 2 nitrogen and oxygen atoms in total. The first-order chi connectivity index (χ1) is 8.75. The largest absolute Gasteiger partial charge is 0.493 e. The van der Waals surface area contributed by atoms with Crippen LogP contribution in [0.15, 0.2) is 22.7 Å². The number of hydrogen-bond donors (Lipinski definition) is 1. The van der Waals surface area contributed by atoms with Gasteiger partial charge in [0, 0.05) is 10.0 Å². The summed E-state index contributed by atoms with van der Waals surface area (Å²) >= 11 is 3.45. The zero-order chi connectivity index (χ0) is 14.6. The lowest BCUT2D eigenvalue weighted by Gasteiger charge is -2.29. The Hall–Kier alpha value is -0.540. The molecule has 0 aliphatic carbocycles. The third-order valence-electron chi connectivity index (χ3n) is 3.69. The van der Waals surface area contributed by atoms with Crippen LogP contribution in [-0.4, -0.2) is 11.7 Å². The van der Waals surface area contributed by atoms with E-state index < -0.39 is 6.10 Å². The Labute approximate surface area is 125 Å². The van der Waals surface area contributed by atoms with Gasteiger partial charge >= 0.3 is 0 Å². The summed E-state index contributed by atoms with van der Waals surface area (Å²) in [6, 6.07) is 5.80. The lowest BCUT2D eigenvalue weighted by molar-refractivity contribution is 0.108. The summed E-state index contributed by atoms with van der Waals surface area (Å²) in [7, 11) is 0. The number of aliphatic hydroxyl groups is 1. The molecule has 3 heteroatoms. The Bertz CT molecular complexity index is 410. The molecule has 0 bridgehead atoms. The standard InChI is InChI=1S/C16H25BrO2/c1-6-19-15-8-7-12(17)10-13(15)14(18)9-11(2)16(3,4)5/h7-8,10-11,14,18H,6,9H2,1-5H3. The van der Waals surface area contributed by atoms with E-state index in [-0.39, 0.29) is 5.41 Å². The van der Waals surface area contributed by atoms with E-state index >= 15 is 0 Å². The molecule has 1 N–H and O–H groups in total. The Morgan fingerprint density at radius 1 is 1.32 bits per heavy atom. The first-order valence-electron chi connectivity index (χ1n) is 6.86. The molecule has 0 aromatic heterocycles. The van der Waals surface area contributed by atoms with Gasteiger partial charge in [-0.15, -0.1) is 0 Å². The molecule has 19 heavy (non-hydrogen) atoms. The minimum absolute atomic E-state index is 0.193. The maximum absolute atomic E-state index is 10.5. The van der Waals surface area contributed by atoms with Crippen LogP contribution in [0.25, 0.3) is 0 Å². The predicted molar refractivity (Wildman–Crippen MR) is 83.5 cm³/mol. The molecule has 0 saturated carbocycles. The predicted octanol–water partition coefficient (Wildman–Crippen LogP) is 4.95. The normalized spacial score (nSPS) is 15.1. The van der Waals surface area contributed by atoms with E-state index in [0.29, 0.717) is 12.5 Å². The summed E-state index contributed by atoms with van der Waals surface area (Å²) < 4.78 is 6.57. The zero-order valence-corrected chi connectivity index (χ0v) is 14.1. The van der Waals surface area contributed by atoms with Crippen LogP contribution in [0.4, 0.5) is 0 Å².